The van der Waals surface area contributed by atoms with Crippen molar-refractivity contribution in [2.24, 2.45) is 0 Å². The number of benzene rings is 4. The van der Waals surface area contributed by atoms with Gasteiger partial charge in [-0.05, 0) is 65.6 Å². The van der Waals surface area contributed by atoms with Crippen molar-refractivity contribution in [2.75, 3.05) is 7.11 Å². The fourth-order valence-electron chi connectivity index (χ4n) is 4.48. The number of aryl methyl sites for hydroxylation is 3. The van der Waals surface area contributed by atoms with Crippen molar-refractivity contribution in [3.05, 3.63) is 113 Å². The summed E-state index contributed by atoms with van der Waals surface area (Å²) in [5.41, 5.74) is 3.91. The Morgan fingerprint density at radius 3 is 1.65 bits per heavy atom. The zero-order chi connectivity index (χ0) is 26.4. The van der Waals surface area contributed by atoms with E-state index in [0.717, 1.165) is 24.8 Å². The highest BCUT2D eigenvalue weighted by molar-refractivity contribution is 5.66. The molecule has 0 amide bonds. The molecule has 0 unspecified atom stereocenters. The minimum atomic E-state index is -1.03. The van der Waals surface area contributed by atoms with Crippen molar-refractivity contribution in [2.45, 2.75) is 45.4 Å². The molecule has 0 saturated heterocycles. The van der Waals surface area contributed by atoms with Crippen LogP contribution >= 0.6 is 0 Å². The highest BCUT2D eigenvalue weighted by atomic mass is 19.2. The summed E-state index contributed by atoms with van der Waals surface area (Å²) in [5, 5.41) is 0. The first-order chi connectivity index (χ1) is 17.9. The quantitative estimate of drug-likeness (QED) is 0.154. The highest BCUT2D eigenvalue weighted by Gasteiger charge is 2.16. The van der Waals surface area contributed by atoms with Crippen LogP contribution in [0.5, 0.6) is 5.75 Å². The lowest BCUT2D eigenvalue weighted by atomic mass is 9.97. The molecular formula is C32H30F4O. The van der Waals surface area contributed by atoms with E-state index in [-0.39, 0.29) is 16.9 Å². The van der Waals surface area contributed by atoms with E-state index >= 15 is 0 Å². The molecule has 4 rings (SSSR count). The van der Waals surface area contributed by atoms with Gasteiger partial charge in [0, 0.05) is 11.1 Å². The third-order valence-electron chi connectivity index (χ3n) is 6.71. The number of unbranched alkanes of at least 4 members (excludes halogenated alkanes) is 2. The molecule has 0 spiro atoms. The highest BCUT2D eigenvalue weighted by Crippen LogP contribution is 2.31. The van der Waals surface area contributed by atoms with Crippen molar-refractivity contribution in [1.82, 2.24) is 0 Å². The Morgan fingerprint density at radius 1 is 0.541 bits per heavy atom. The molecule has 0 aliphatic rings. The van der Waals surface area contributed by atoms with Crippen LogP contribution in [0.3, 0.4) is 0 Å². The molecule has 0 aliphatic carbocycles. The third kappa shape index (κ3) is 6.04. The smallest absolute Gasteiger partial charge is 0.201 e. The largest absolute Gasteiger partial charge is 0.494 e. The fraction of sp³-hybridized carbons (Fsp3) is 0.250. The minimum absolute atomic E-state index is 0.127. The molecule has 0 atom stereocenters. The maximum atomic E-state index is 14.9. The van der Waals surface area contributed by atoms with Gasteiger partial charge in [-0.15, -0.1) is 0 Å². The van der Waals surface area contributed by atoms with E-state index in [4.69, 9.17) is 4.74 Å². The summed E-state index contributed by atoms with van der Waals surface area (Å²) in [5.74, 6) is -3.85. The predicted octanol–water partition coefficient (Wildman–Crippen LogP) is 9.10. The predicted molar refractivity (Wildman–Crippen MR) is 141 cm³/mol. The molecule has 0 saturated carbocycles. The Balaban J connectivity index is 1.43. The molecule has 0 bridgehead atoms. The SMILES string of the molecule is CCCCCc1ccc(-c2ccc(CCc3ccc(-c4ccc(OC)c(F)c4F)cc3)c(F)c2F)cc1. The summed E-state index contributed by atoms with van der Waals surface area (Å²) in [6.45, 7) is 2.16. The number of methoxy groups -OCH3 is 1. The van der Waals surface area contributed by atoms with Crippen LogP contribution in [0.2, 0.25) is 0 Å². The third-order valence-corrected chi connectivity index (χ3v) is 6.71. The number of ether oxygens (including phenoxy) is 1. The summed E-state index contributed by atoms with van der Waals surface area (Å²) in [7, 11) is 1.28. The lowest BCUT2D eigenvalue weighted by molar-refractivity contribution is 0.372. The minimum Gasteiger partial charge on any atom is -0.494 e. The van der Waals surface area contributed by atoms with Crippen LogP contribution in [0.25, 0.3) is 22.3 Å². The van der Waals surface area contributed by atoms with Gasteiger partial charge in [0.05, 0.1) is 7.11 Å². The standard InChI is InChI=1S/C32H30F4O/c1-3-4-5-6-21-7-12-23(13-8-21)26-18-17-25(29(33)30(26)34)16-11-22-9-14-24(15-10-22)27-19-20-28(37-2)32(36)31(27)35/h7-10,12-15,17-20H,3-6,11,16H2,1-2H3. The van der Waals surface area contributed by atoms with Crippen LogP contribution in [-0.4, -0.2) is 7.11 Å². The maximum Gasteiger partial charge on any atom is 0.201 e. The molecule has 37 heavy (non-hydrogen) atoms. The summed E-state index contributed by atoms with van der Waals surface area (Å²) in [6.07, 6.45) is 5.22. The molecule has 5 heteroatoms. The molecule has 0 fully saturated rings. The van der Waals surface area contributed by atoms with Crippen molar-refractivity contribution >= 4 is 0 Å². The normalized spacial score (nSPS) is 11.1. The zero-order valence-corrected chi connectivity index (χ0v) is 21.1. The molecule has 192 valence electrons. The van der Waals surface area contributed by atoms with Gasteiger partial charge in [-0.25, -0.2) is 13.2 Å². The summed E-state index contributed by atoms with van der Waals surface area (Å²) >= 11 is 0. The van der Waals surface area contributed by atoms with Crippen molar-refractivity contribution in [1.29, 1.82) is 0 Å². The Hall–Kier alpha value is -3.60. The second-order valence-electron chi connectivity index (χ2n) is 9.19. The number of rotatable bonds is 10. The molecule has 0 aliphatic heterocycles. The first kappa shape index (κ1) is 26.5. The fourth-order valence-corrected chi connectivity index (χ4v) is 4.48. The molecule has 0 N–H and O–H groups in total. The Bertz CT molecular complexity index is 1350. The second-order valence-corrected chi connectivity index (χ2v) is 9.19. The number of hydrogen-bond donors (Lipinski definition) is 0. The summed E-state index contributed by atoms with van der Waals surface area (Å²) < 4.78 is 63.1. The van der Waals surface area contributed by atoms with E-state index in [1.165, 1.54) is 31.2 Å². The van der Waals surface area contributed by atoms with Crippen LogP contribution in [0.1, 0.15) is 42.9 Å². The van der Waals surface area contributed by atoms with Crippen LogP contribution in [0, 0.1) is 23.3 Å². The van der Waals surface area contributed by atoms with Gasteiger partial charge in [0.25, 0.3) is 0 Å². The van der Waals surface area contributed by atoms with Gasteiger partial charge < -0.3 is 4.74 Å². The van der Waals surface area contributed by atoms with Gasteiger partial charge in [-0.1, -0.05) is 80.4 Å². The summed E-state index contributed by atoms with van der Waals surface area (Å²) in [6, 6.07) is 20.7. The Morgan fingerprint density at radius 2 is 1.08 bits per heavy atom. The van der Waals surface area contributed by atoms with E-state index in [1.807, 2.05) is 24.3 Å². The first-order valence-electron chi connectivity index (χ1n) is 12.6. The molecule has 0 heterocycles. The van der Waals surface area contributed by atoms with Gasteiger partial charge >= 0.3 is 0 Å². The zero-order valence-electron chi connectivity index (χ0n) is 21.1. The topological polar surface area (TPSA) is 9.23 Å². The van der Waals surface area contributed by atoms with Crippen LogP contribution in [0.4, 0.5) is 17.6 Å². The van der Waals surface area contributed by atoms with Crippen LogP contribution in [-0.2, 0) is 19.3 Å². The second kappa shape index (κ2) is 12.1. The molecule has 4 aromatic carbocycles. The van der Waals surface area contributed by atoms with Crippen molar-refractivity contribution in [3.63, 3.8) is 0 Å². The number of hydrogen-bond acceptors (Lipinski definition) is 1. The van der Waals surface area contributed by atoms with Crippen molar-refractivity contribution < 1.29 is 22.3 Å². The van der Waals surface area contributed by atoms with E-state index in [1.54, 1.807) is 36.4 Å². The van der Waals surface area contributed by atoms with Crippen LogP contribution in [0.15, 0.2) is 72.8 Å². The lowest BCUT2D eigenvalue weighted by Crippen LogP contribution is -2.00. The van der Waals surface area contributed by atoms with Gasteiger partial charge in [0.2, 0.25) is 5.82 Å². The molecule has 0 aromatic heterocycles. The van der Waals surface area contributed by atoms with Crippen LogP contribution < -0.4 is 4.74 Å². The molecule has 1 nitrogen and oxygen atoms in total. The number of halogens is 4. The summed E-state index contributed by atoms with van der Waals surface area (Å²) in [4.78, 5) is 0. The van der Waals surface area contributed by atoms with E-state index in [0.29, 0.717) is 29.5 Å². The van der Waals surface area contributed by atoms with E-state index < -0.39 is 23.3 Å². The van der Waals surface area contributed by atoms with Gasteiger partial charge in [0.15, 0.2) is 23.2 Å². The molecule has 0 radical (unpaired) electrons. The van der Waals surface area contributed by atoms with E-state index in [9.17, 15) is 17.6 Å². The van der Waals surface area contributed by atoms with Crippen molar-refractivity contribution in [3.8, 4) is 28.0 Å². The van der Waals surface area contributed by atoms with E-state index in [2.05, 4.69) is 6.92 Å². The monoisotopic (exact) mass is 506 g/mol. The van der Waals surface area contributed by atoms with Gasteiger partial charge in [-0.3, -0.25) is 0 Å². The Kier molecular flexibility index (Phi) is 8.65. The maximum absolute atomic E-state index is 14.9. The lowest BCUT2D eigenvalue weighted by Gasteiger charge is -2.11. The average Bonchev–Trinajstić information content (AvgIpc) is 2.92. The Labute approximate surface area is 215 Å². The average molecular weight is 507 g/mol. The van der Waals surface area contributed by atoms with Gasteiger partial charge in [0.1, 0.15) is 0 Å². The molecule has 4 aromatic rings. The van der Waals surface area contributed by atoms with Gasteiger partial charge in [-0.2, -0.15) is 4.39 Å². The first-order valence-corrected chi connectivity index (χ1v) is 12.6. The molecular weight excluding hydrogens is 476 g/mol.